The van der Waals surface area contributed by atoms with Gasteiger partial charge in [-0.15, -0.1) is 22.7 Å². The molecule has 0 saturated heterocycles. The summed E-state index contributed by atoms with van der Waals surface area (Å²) in [4.78, 5) is 28.9. The molecule has 0 aliphatic rings. The minimum atomic E-state index is -1.06. The second-order valence-electron chi connectivity index (χ2n) is 5.68. The fourth-order valence-corrected chi connectivity index (χ4v) is 4.27. The lowest BCUT2D eigenvalue weighted by Gasteiger charge is -2.19. The Morgan fingerprint density at radius 2 is 2.00 bits per heavy atom. The van der Waals surface area contributed by atoms with E-state index in [1.54, 1.807) is 0 Å². The number of carboxylic acid groups (broad SMARTS) is 1. The highest BCUT2D eigenvalue weighted by atomic mass is 32.1. The largest absolute Gasteiger partial charge is 0.481 e. The lowest BCUT2D eigenvalue weighted by atomic mass is 10.2. The third-order valence-electron chi connectivity index (χ3n) is 3.58. The first-order valence-corrected chi connectivity index (χ1v) is 9.35. The van der Waals surface area contributed by atoms with Gasteiger partial charge in [0.25, 0.3) is 0 Å². The predicted molar refractivity (Wildman–Crippen MR) is 96.7 cm³/mol. The third-order valence-corrected chi connectivity index (χ3v) is 5.72. The average Bonchev–Trinajstić information content (AvgIpc) is 3.16. The Morgan fingerprint density at radius 1 is 1.23 bits per heavy atom. The Balaban J connectivity index is 1.91. The topological polar surface area (TPSA) is 70.5 Å². The van der Waals surface area contributed by atoms with Gasteiger partial charge in [-0.2, -0.15) is 0 Å². The van der Waals surface area contributed by atoms with Gasteiger partial charge in [0.1, 0.15) is 16.6 Å². The van der Waals surface area contributed by atoms with Crippen LogP contribution >= 0.6 is 22.7 Å². The van der Waals surface area contributed by atoms with Gasteiger partial charge in [-0.3, -0.25) is 14.5 Å². The van der Waals surface area contributed by atoms with E-state index < -0.39 is 17.6 Å². The number of amides is 1. The molecular formula is C17H14F2N2O3S2. The highest BCUT2D eigenvalue weighted by molar-refractivity contribution is 7.18. The first kappa shape index (κ1) is 18.4. The molecule has 1 N–H and O–H groups in total. The van der Waals surface area contributed by atoms with Gasteiger partial charge in [-0.05, 0) is 23.9 Å². The van der Waals surface area contributed by atoms with Crippen LogP contribution in [0.5, 0.6) is 0 Å². The van der Waals surface area contributed by atoms with Crippen molar-refractivity contribution in [2.75, 3.05) is 4.90 Å². The van der Waals surface area contributed by atoms with Gasteiger partial charge in [-0.25, -0.2) is 13.8 Å². The van der Waals surface area contributed by atoms with Gasteiger partial charge in [0.15, 0.2) is 0 Å². The molecule has 0 atom stereocenters. The van der Waals surface area contributed by atoms with Crippen LogP contribution in [0.3, 0.4) is 0 Å². The maximum absolute atomic E-state index is 13.9. The summed E-state index contributed by atoms with van der Waals surface area (Å²) in [5.74, 6) is -2.83. The number of carboxylic acids is 1. The SMILES string of the molecule is Cc1csc(N(Cc2nc3cc(F)cc(F)c3s2)C(=O)CCC(=O)O)c1. The van der Waals surface area contributed by atoms with E-state index in [2.05, 4.69) is 4.98 Å². The van der Waals surface area contributed by atoms with Gasteiger partial charge in [0, 0.05) is 18.6 Å². The molecule has 0 bridgehead atoms. The maximum Gasteiger partial charge on any atom is 0.303 e. The molecule has 1 aromatic carbocycles. The van der Waals surface area contributed by atoms with Crippen molar-refractivity contribution >= 4 is 49.8 Å². The molecule has 0 radical (unpaired) electrons. The molecule has 0 aliphatic carbocycles. The molecule has 0 spiro atoms. The quantitative estimate of drug-likeness (QED) is 0.673. The number of hydrogen-bond acceptors (Lipinski definition) is 5. The van der Waals surface area contributed by atoms with Crippen molar-refractivity contribution in [3.8, 4) is 0 Å². The number of halogens is 2. The van der Waals surface area contributed by atoms with Gasteiger partial charge in [-0.1, -0.05) is 0 Å². The molecule has 136 valence electrons. The number of rotatable bonds is 6. The smallest absolute Gasteiger partial charge is 0.303 e. The second-order valence-corrected chi connectivity index (χ2v) is 7.65. The normalized spacial score (nSPS) is 11.0. The molecule has 1 amide bonds. The van der Waals surface area contributed by atoms with E-state index in [0.29, 0.717) is 10.0 Å². The average molecular weight is 396 g/mol. The number of aromatic nitrogens is 1. The van der Waals surface area contributed by atoms with Gasteiger partial charge in [0.05, 0.1) is 28.2 Å². The summed E-state index contributed by atoms with van der Waals surface area (Å²) in [5.41, 5.74) is 1.17. The summed E-state index contributed by atoms with van der Waals surface area (Å²) in [6, 6.07) is 3.75. The molecular weight excluding hydrogens is 382 g/mol. The summed E-state index contributed by atoms with van der Waals surface area (Å²) in [7, 11) is 0. The van der Waals surface area contributed by atoms with Crippen LogP contribution in [0, 0.1) is 18.6 Å². The molecule has 3 rings (SSSR count). The van der Waals surface area contributed by atoms with Gasteiger partial charge < -0.3 is 5.11 Å². The number of carbonyl (C=O) groups excluding carboxylic acids is 1. The summed E-state index contributed by atoms with van der Waals surface area (Å²) >= 11 is 2.40. The fourth-order valence-electron chi connectivity index (χ4n) is 2.40. The number of benzene rings is 1. The molecule has 3 aromatic rings. The molecule has 0 fully saturated rings. The Kier molecular flexibility index (Phi) is 5.28. The number of anilines is 1. The molecule has 2 heterocycles. The second kappa shape index (κ2) is 7.46. The van der Waals surface area contributed by atoms with Crippen molar-refractivity contribution in [3.05, 3.63) is 45.8 Å². The van der Waals surface area contributed by atoms with E-state index in [-0.39, 0.29) is 35.5 Å². The van der Waals surface area contributed by atoms with E-state index in [0.717, 1.165) is 29.0 Å². The zero-order valence-corrected chi connectivity index (χ0v) is 15.3. The monoisotopic (exact) mass is 396 g/mol. The van der Waals surface area contributed by atoms with Crippen LogP contribution in [0.4, 0.5) is 13.8 Å². The number of aryl methyl sites for hydroxylation is 1. The van der Waals surface area contributed by atoms with E-state index in [1.807, 2.05) is 18.4 Å². The summed E-state index contributed by atoms with van der Waals surface area (Å²) in [6.07, 6.45) is -0.431. The van der Waals surface area contributed by atoms with Crippen molar-refractivity contribution in [1.82, 2.24) is 4.98 Å². The minimum absolute atomic E-state index is 0.0683. The van der Waals surface area contributed by atoms with Crippen molar-refractivity contribution in [2.45, 2.75) is 26.3 Å². The van der Waals surface area contributed by atoms with Crippen LogP contribution in [0.1, 0.15) is 23.4 Å². The van der Waals surface area contributed by atoms with E-state index in [4.69, 9.17) is 5.11 Å². The summed E-state index contributed by atoms with van der Waals surface area (Å²) in [5, 5.41) is 11.8. The Bertz CT molecular complexity index is 984. The molecule has 26 heavy (non-hydrogen) atoms. The minimum Gasteiger partial charge on any atom is -0.481 e. The van der Waals surface area contributed by atoms with Crippen molar-refractivity contribution in [1.29, 1.82) is 0 Å². The van der Waals surface area contributed by atoms with E-state index in [1.165, 1.54) is 16.2 Å². The van der Waals surface area contributed by atoms with Crippen LogP contribution in [0.15, 0.2) is 23.6 Å². The van der Waals surface area contributed by atoms with Crippen LogP contribution < -0.4 is 4.90 Å². The number of thiazole rings is 1. The van der Waals surface area contributed by atoms with E-state index >= 15 is 0 Å². The number of aliphatic carboxylic acids is 1. The van der Waals surface area contributed by atoms with Gasteiger partial charge in [0.2, 0.25) is 5.91 Å². The molecule has 0 aliphatic heterocycles. The molecule has 9 heteroatoms. The maximum atomic E-state index is 13.9. The summed E-state index contributed by atoms with van der Waals surface area (Å²) < 4.78 is 27.5. The summed E-state index contributed by atoms with van der Waals surface area (Å²) in [6.45, 7) is 1.95. The number of fused-ring (bicyclic) bond motifs is 1. The Hall–Kier alpha value is -2.39. The van der Waals surface area contributed by atoms with Crippen molar-refractivity contribution in [2.24, 2.45) is 0 Å². The molecule has 5 nitrogen and oxygen atoms in total. The van der Waals surface area contributed by atoms with Crippen molar-refractivity contribution in [3.63, 3.8) is 0 Å². The fraction of sp³-hybridized carbons (Fsp3) is 0.235. The highest BCUT2D eigenvalue weighted by Gasteiger charge is 2.21. The third kappa shape index (κ3) is 4.05. The predicted octanol–water partition coefficient (Wildman–Crippen LogP) is 4.34. The Morgan fingerprint density at radius 3 is 2.65 bits per heavy atom. The van der Waals surface area contributed by atoms with Crippen LogP contribution in [-0.2, 0) is 16.1 Å². The van der Waals surface area contributed by atoms with Crippen LogP contribution in [-0.4, -0.2) is 22.0 Å². The molecule has 0 saturated carbocycles. The lowest BCUT2D eigenvalue weighted by Crippen LogP contribution is -2.29. The van der Waals surface area contributed by atoms with Gasteiger partial charge >= 0.3 is 5.97 Å². The zero-order chi connectivity index (χ0) is 18.8. The number of thiophene rings is 1. The van der Waals surface area contributed by atoms with Crippen LogP contribution in [0.2, 0.25) is 0 Å². The number of carbonyl (C=O) groups is 2. The van der Waals surface area contributed by atoms with E-state index in [9.17, 15) is 18.4 Å². The first-order valence-electron chi connectivity index (χ1n) is 7.65. The molecule has 0 unspecified atom stereocenters. The number of hydrogen-bond donors (Lipinski definition) is 1. The Labute approximate surface area is 155 Å². The zero-order valence-electron chi connectivity index (χ0n) is 13.7. The number of nitrogens with zero attached hydrogens (tertiary/aromatic N) is 2. The lowest BCUT2D eigenvalue weighted by molar-refractivity contribution is -0.138. The van der Waals surface area contributed by atoms with Crippen molar-refractivity contribution < 1.29 is 23.5 Å². The van der Waals surface area contributed by atoms with Crippen LogP contribution in [0.25, 0.3) is 10.2 Å². The first-order chi connectivity index (χ1) is 12.3. The molecule has 2 aromatic heterocycles. The standard InChI is InChI=1S/C17H14F2N2O3S2/c1-9-4-15(25-8-9)21(14(22)2-3-16(23)24)7-13-20-12-6-10(18)5-11(19)17(12)26-13/h4-6,8H,2-3,7H2,1H3,(H,23,24). The highest BCUT2D eigenvalue weighted by Crippen LogP contribution is 2.31.